The van der Waals surface area contributed by atoms with Gasteiger partial charge < -0.3 is 10.2 Å². The number of carbonyl (C=O) groups excluding carboxylic acids is 1. The molecule has 0 saturated heterocycles. The molecular weight excluding hydrogens is 200 g/mol. The number of benzene rings is 1. The molecule has 0 aliphatic rings. The third kappa shape index (κ3) is 2.99. The Bertz CT molecular complexity index is 370. The first-order chi connectivity index (χ1) is 7.58. The Morgan fingerprint density at radius 2 is 1.88 bits per heavy atom. The number of nitrogens with one attached hydrogen (secondary N) is 1. The lowest BCUT2D eigenvalue weighted by Gasteiger charge is -2.20. The SMILES string of the molecule is CCN(CC)C(=O)Nc1ccc(C)cc1C. The van der Waals surface area contributed by atoms with Gasteiger partial charge in [0.05, 0.1) is 0 Å². The third-order valence-corrected chi connectivity index (χ3v) is 2.67. The molecule has 0 fully saturated rings. The smallest absolute Gasteiger partial charge is 0.321 e. The number of anilines is 1. The van der Waals surface area contributed by atoms with Crippen molar-refractivity contribution in [3.05, 3.63) is 29.3 Å². The quantitative estimate of drug-likeness (QED) is 0.833. The molecule has 0 unspecified atom stereocenters. The van der Waals surface area contributed by atoms with Gasteiger partial charge in [-0.05, 0) is 39.3 Å². The molecular formula is C13H20N2O. The molecule has 1 N–H and O–H groups in total. The van der Waals surface area contributed by atoms with Crippen LogP contribution in [0.15, 0.2) is 18.2 Å². The minimum atomic E-state index is -0.0306. The van der Waals surface area contributed by atoms with Crippen LogP contribution in [0, 0.1) is 13.8 Å². The van der Waals surface area contributed by atoms with Crippen molar-refractivity contribution in [3.63, 3.8) is 0 Å². The predicted molar refractivity (Wildman–Crippen MR) is 67.9 cm³/mol. The number of hydrogen-bond acceptors (Lipinski definition) is 1. The lowest BCUT2D eigenvalue weighted by atomic mass is 10.1. The Morgan fingerprint density at radius 1 is 1.25 bits per heavy atom. The van der Waals surface area contributed by atoms with Crippen LogP contribution in [-0.2, 0) is 0 Å². The molecule has 0 aliphatic carbocycles. The van der Waals surface area contributed by atoms with Crippen molar-refractivity contribution < 1.29 is 4.79 Å². The van der Waals surface area contributed by atoms with E-state index in [-0.39, 0.29) is 6.03 Å². The summed E-state index contributed by atoms with van der Waals surface area (Å²) in [5.41, 5.74) is 3.20. The molecule has 0 heterocycles. The Hall–Kier alpha value is -1.51. The Labute approximate surface area is 97.5 Å². The van der Waals surface area contributed by atoms with Crippen LogP contribution in [-0.4, -0.2) is 24.0 Å². The number of carbonyl (C=O) groups is 1. The summed E-state index contributed by atoms with van der Waals surface area (Å²) in [4.78, 5) is 13.6. The van der Waals surface area contributed by atoms with E-state index >= 15 is 0 Å². The van der Waals surface area contributed by atoms with Gasteiger partial charge in [0.1, 0.15) is 0 Å². The molecule has 0 aromatic heterocycles. The van der Waals surface area contributed by atoms with Crippen molar-refractivity contribution in [1.29, 1.82) is 0 Å². The third-order valence-electron chi connectivity index (χ3n) is 2.67. The summed E-state index contributed by atoms with van der Waals surface area (Å²) in [5.74, 6) is 0. The van der Waals surface area contributed by atoms with Crippen molar-refractivity contribution in [2.24, 2.45) is 0 Å². The van der Waals surface area contributed by atoms with Crippen molar-refractivity contribution >= 4 is 11.7 Å². The van der Waals surface area contributed by atoms with E-state index in [4.69, 9.17) is 0 Å². The average Bonchev–Trinajstić information content (AvgIpc) is 2.24. The van der Waals surface area contributed by atoms with Gasteiger partial charge in [0.2, 0.25) is 0 Å². The van der Waals surface area contributed by atoms with E-state index in [1.807, 2.05) is 39.8 Å². The number of urea groups is 1. The first-order valence-electron chi connectivity index (χ1n) is 5.71. The van der Waals surface area contributed by atoms with E-state index < -0.39 is 0 Å². The first kappa shape index (κ1) is 12.6. The highest BCUT2D eigenvalue weighted by Crippen LogP contribution is 2.16. The van der Waals surface area contributed by atoms with E-state index in [1.165, 1.54) is 5.56 Å². The van der Waals surface area contributed by atoms with Crippen LogP contribution in [0.2, 0.25) is 0 Å². The fourth-order valence-corrected chi connectivity index (χ4v) is 1.66. The van der Waals surface area contributed by atoms with E-state index in [2.05, 4.69) is 11.4 Å². The summed E-state index contributed by atoms with van der Waals surface area (Å²) in [7, 11) is 0. The van der Waals surface area contributed by atoms with Crippen LogP contribution in [0.25, 0.3) is 0 Å². The van der Waals surface area contributed by atoms with Crippen molar-refractivity contribution in [2.75, 3.05) is 18.4 Å². The minimum absolute atomic E-state index is 0.0306. The Kier molecular flexibility index (Phi) is 4.35. The molecule has 0 radical (unpaired) electrons. The van der Waals surface area contributed by atoms with Crippen LogP contribution in [0.3, 0.4) is 0 Å². The second kappa shape index (κ2) is 5.54. The van der Waals surface area contributed by atoms with E-state index in [1.54, 1.807) is 4.90 Å². The zero-order chi connectivity index (χ0) is 12.1. The largest absolute Gasteiger partial charge is 0.325 e. The van der Waals surface area contributed by atoms with E-state index in [9.17, 15) is 4.79 Å². The molecule has 88 valence electrons. The molecule has 1 rings (SSSR count). The van der Waals surface area contributed by atoms with Gasteiger partial charge in [-0.2, -0.15) is 0 Å². The summed E-state index contributed by atoms with van der Waals surface area (Å²) in [6, 6.07) is 5.99. The van der Waals surface area contributed by atoms with Gasteiger partial charge >= 0.3 is 6.03 Å². The summed E-state index contributed by atoms with van der Waals surface area (Å²) < 4.78 is 0. The summed E-state index contributed by atoms with van der Waals surface area (Å²) in [5, 5.41) is 2.93. The fraction of sp³-hybridized carbons (Fsp3) is 0.462. The summed E-state index contributed by atoms with van der Waals surface area (Å²) in [6.45, 7) is 9.46. The van der Waals surface area contributed by atoms with Gasteiger partial charge in [0.25, 0.3) is 0 Å². The molecule has 0 atom stereocenters. The molecule has 3 heteroatoms. The normalized spacial score (nSPS) is 10.0. The van der Waals surface area contributed by atoms with Crippen LogP contribution < -0.4 is 5.32 Å². The van der Waals surface area contributed by atoms with Crippen molar-refractivity contribution in [2.45, 2.75) is 27.7 Å². The second-order valence-corrected chi connectivity index (χ2v) is 3.92. The molecule has 0 aliphatic heterocycles. The van der Waals surface area contributed by atoms with Crippen LogP contribution in [0.1, 0.15) is 25.0 Å². The minimum Gasteiger partial charge on any atom is -0.325 e. The molecule has 3 nitrogen and oxygen atoms in total. The maximum Gasteiger partial charge on any atom is 0.321 e. The first-order valence-corrected chi connectivity index (χ1v) is 5.71. The van der Waals surface area contributed by atoms with Gasteiger partial charge in [-0.25, -0.2) is 4.79 Å². The van der Waals surface area contributed by atoms with Gasteiger partial charge in [-0.15, -0.1) is 0 Å². The zero-order valence-corrected chi connectivity index (χ0v) is 10.5. The number of rotatable bonds is 3. The van der Waals surface area contributed by atoms with Crippen LogP contribution in [0.5, 0.6) is 0 Å². The Morgan fingerprint density at radius 3 is 2.38 bits per heavy atom. The maximum absolute atomic E-state index is 11.8. The topological polar surface area (TPSA) is 32.3 Å². The van der Waals surface area contributed by atoms with Crippen molar-refractivity contribution in [1.82, 2.24) is 4.90 Å². The number of aryl methyl sites for hydroxylation is 2. The summed E-state index contributed by atoms with van der Waals surface area (Å²) in [6.07, 6.45) is 0. The second-order valence-electron chi connectivity index (χ2n) is 3.92. The number of hydrogen-bond donors (Lipinski definition) is 1. The lowest BCUT2D eigenvalue weighted by molar-refractivity contribution is 0.217. The zero-order valence-electron chi connectivity index (χ0n) is 10.5. The number of nitrogens with zero attached hydrogens (tertiary/aromatic N) is 1. The highest BCUT2D eigenvalue weighted by molar-refractivity contribution is 5.90. The van der Waals surface area contributed by atoms with Crippen LogP contribution in [0.4, 0.5) is 10.5 Å². The monoisotopic (exact) mass is 220 g/mol. The standard InChI is InChI=1S/C13H20N2O/c1-5-15(6-2)13(16)14-12-8-7-10(3)9-11(12)4/h7-9H,5-6H2,1-4H3,(H,14,16). The van der Waals surface area contributed by atoms with Gasteiger partial charge in [-0.3, -0.25) is 0 Å². The van der Waals surface area contributed by atoms with Crippen LogP contribution >= 0.6 is 0 Å². The molecule has 0 bridgehead atoms. The molecule has 1 aromatic rings. The van der Waals surface area contributed by atoms with E-state index in [0.29, 0.717) is 0 Å². The molecule has 1 aromatic carbocycles. The Balaban J connectivity index is 2.76. The maximum atomic E-state index is 11.8. The molecule has 16 heavy (non-hydrogen) atoms. The molecule has 2 amide bonds. The highest BCUT2D eigenvalue weighted by atomic mass is 16.2. The highest BCUT2D eigenvalue weighted by Gasteiger charge is 2.10. The molecule has 0 saturated carbocycles. The predicted octanol–water partition coefficient (Wildman–Crippen LogP) is 3.18. The van der Waals surface area contributed by atoms with Gasteiger partial charge in [0.15, 0.2) is 0 Å². The molecule has 0 spiro atoms. The lowest BCUT2D eigenvalue weighted by Crippen LogP contribution is -2.34. The number of amides is 2. The summed E-state index contributed by atoms with van der Waals surface area (Å²) >= 11 is 0. The van der Waals surface area contributed by atoms with Gasteiger partial charge in [-0.1, -0.05) is 17.7 Å². The van der Waals surface area contributed by atoms with Crippen molar-refractivity contribution in [3.8, 4) is 0 Å². The van der Waals surface area contributed by atoms with Gasteiger partial charge in [0, 0.05) is 18.8 Å². The average molecular weight is 220 g/mol. The van der Waals surface area contributed by atoms with E-state index in [0.717, 1.165) is 24.3 Å². The fourth-order valence-electron chi connectivity index (χ4n) is 1.66.